The first-order valence-electron chi connectivity index (χ1n) is 5.52. The van der Waals surface area contributed by atoms with Gasteiger partial charge in [-0.25, -0.2) is 4.39 Å². The third-order valence-corrected chi connectivity index (χ3v) is 3.44. The number of ether oxygens (including phenoxy) is 1. The predicted molar refractivity (Wildman–Crippen MR) is 64.9 cm³/mol. The van der Waals surface area contributed by atoms with Crippen LogP contribution in [0, 0.1) is 5.82 Å². The normalized spacial score (nSPS) is 25.7. The molecule has 2 rings (SSSR count). The number of halogens is 2. The average Bonchev–Trinajstić information content (AvgIpc) is 2.33. The Balaban J connectivity index is 2.13. The number of nitrogens with one attached hydrogen (secondary N) is 1. The fraction of sp³-hybridized carbons (Fsp3) is 0.500. The molecule has 0 aromatic heterocycles. The van der Waals surface area contributed by atoms with Gasteiger partial charge in [0.05, 0.1) is 16.7 Å². The molecular formula is C12H15BrFNO. The van der Waals surface area contributed by atoms with Crippen LogP contribution in [0.15, 0.2) is 22.7 Å². The van der Waals surface area contributed by atoms with E-state index in [1.54, 1.807) is 12.1 Å². The monoisotopic (exact) mass is 287 g/mol. The molecule has 0 radical (unpaired) electrons. The van der Waals surface area contributed by atoms with Gasteiger partial charge in [-0.05, 0) is 40.0 Å². The van der Waals surface area contributed by atoms with Gasteiger partial charge in [0, 0.05) is 13.1 Å². The maximum Gasteiger partial charge on any atom is 0.137 e. The molecule has 16 heavy (non-hydrogen) atoms. The summed E-state index contributed by atoms with van der Waals surface area (Å²) in [5, 5.41) is 3.33. The minimum Gasteiger partial charge on any atom is -0.368 e. The molecule has 0 amide bonds. The molecule has 1 heterocycles. The topological polar surface area (TPSA) is 21.3 Å². The van der Waals surface area contributed by atoms with E-state index >= 15 is 0 Å². The second-order valence-electron chi connectivity index (χ2n) is 3.99. The van der Waals surface area contributed by atoms with Crippen molar-refractivity contribution in [2.45, 2.75) is 25.6 Å². The van der Waals surface area contributed by atoms with Gasteiger partial charge in [0.15, 0.2) is 0 Å². The Bertz CT molecular complexity index is 372. The highest BCUT2D eigenvalue weighted by atomic mass is 79.9. The Kier molecular flexibility index (Phi) is 3.95. The molecule has 1 N–H and O–H groups in total. The Morgan fingerprint density at radius 2 is 2.31 bits per heavy atom. The summed E-state index contributed by atoms with van der Waals surface area (Å²) >= 11 is 3.19. The van der Waals surface area contributed by atoms with Crippen LogP contribution >= 0.6 is 15.9 Å². The molecule has 1 aliphatic heterocycles. The van der Waals surface area contributed by atoms with Crippen LogP contribution in [0.5, 0.6) is 0 Å². The third kappa shape index (κ3) is 2.62. The van der Waals surface area contributed by atoms with Crippen molar-refractivity contribution in [3.63, 3.8) is 0 Å². The van der Waals surface area contributed by atoms with Crippen molar-refractivity contribution in [2.24, 2.45) is 0 Å². The first-order chi connectivity index (χ1) is 7.70. The summed E-state index contributed by atoms with van der Waals surface area (Å²) < 4.78 is 19.5. The van der Waals surface area contributed by atoms with E-state index in [0.29, 0.717) is 4.47 Å². The van der Waals surface area contributed by atoms with Crippen LogP contribution in [-0.4, -0.2) is 19.2 Å². The molecule has 4 heteroatoms. The second-order valence-corrected chi connectivity index (χ2v) is 4.84. The molecule has 0 bridgehead atoms. The zero-order chi connectivity index (χ0) is 11.5. The fourth-order valence-electron chi connectivity index (χ4n) is 1.85. The molecule has 0 aliphatic carbocycles. The third-order valence-electron chi connectivity index (χ3n) is 2.83. The van der Waals surface area contributed by atoms with Crippen molar-refractivity contribution in [3.05, 3.63) is 34.1 Å². The lowest BCUT2D eigenvalue weighted by Gasteiger charge is -2.30. The van der Waals surface area contributed by atoms with Crippen molar-refractivity contribution in [2.75, 3.05) is 13.1 Å². The molecule has 1 fully saturated rings. The highest BCUT2D eigenvalue weighted by Crippen LogP contribution is 2.26. The standard InChI is InChI=1S/C12H15BrFNO/c1-2-9-6-15-7-12(16-9)8-3-4-11(14)10(13)5-8/h3-5,9,12,15H,2,6-7H2,1H3. The Hall–Kier alpha value is -0.450. The van der Waals surface area contributed by atoms with E-state index in [4.69, 9.17) is 4.74 Å². The van der Waals surface area contributed by atoms with Crippen LogP contribution in [0.25, 0.3) is 0 Å². The number of hydrogen-bond acceptors (Lipinski definition) is 2. The smallest absolute Gasteiger partial charge is 0.137 e. The van der Waals surface area contributed by atoms with Gasteiger partial charge < -0.3 is 10.1 Å². The molecule has 1 aromatic rings. The van der Waals surface area contributed by atoms with Gasteiger partial charge in [-0.3, -0.25) is 0 Å². The maximum atomic E-state index is 13.1. The molecule has 0 spiro atoms. The van der Waals surface area contributed by atoms with E-state index in [0.717, 1.165) is 25.1 Å². The maximum absolute atomic E-state index is 13.1. The van der Waals surface area contributed by atoms with Gasteiger partial charge in [-0.15, -0.1) is 0 Å². The minimum absolute atomic E-state index is 0.0237. The summed E-state index contributed by atoms with van der Waals surface area (Å²) in [6, 6.07) is 5.04. The van der Waals surface area contributed by atoms with Crippen LogP contribution < -0.4 is 5.32 Å². The first-order valence-corrected chi connectivity index (χ1v) is 6.31. The van der Waals surface area contributed by atoms with Crippen molar-refractivity contribution >= 4 is 15.9 Å². The van der Waals surface area contributed by atoms with Crippen LogP contribution in [0.4, 0.5) is 4.39 Å². The Morgan fingerprint density at radius 3 is 3.00 bits per heavy atom. The first kappa shape index (κ1) is 12.0. The largest absolute Gasteiger partial charge is 0.368 e. The van der Waals surface area contributed by atoms with E-state index in [-0.39, 0.29) is 18.0 Å². The molecule has 1 saturated heterocycles. The van der Waals surface area contributed by atoms with Crippen molar-refractivity contribution in [3.8, 4) is 0 Å². The van der Waals surface area contributed by atoms with Crippen LogP contribution in [0.2, 0.25) is 0 Å². The van der Waals surface area contributed by atoms with Crippen LogP contribution in [-0.2, 0) is 4.74 Å². The van der Waals surface area contributed by atoms with Gasteiger partial charge in [0.1, 0.15) is 5.82 Å². The molecule has 2 unspecified atom stereocenters. The highest BCUT2D eigenvalue weighted by molar-refractivity contribution is 9.10. The molecule has 1 aromatic carbocycles. The molecule has 2 nitrogen and oxygen atoms in total. The highest BCUT2D eigenvalue weighted by Gasteiger charge is 2.22. The van der Waals surface area contributed by atoms with Crippen molar-refractivity contribution < 1.29 is 9.13 Å². The second kappa shape index (κ2) is 5.25. The van der Waals surface area contributed by atoms with E-state index in [1.165, 1.54) is 6.07 Å². The number of rotatable bonds is 2. The number of benzene rings is 1. The molecule has 1 aliphatic rings. The van der Waals surface area contributed by atoms with Gasteiger partial charge in [0.2, 0.25) is 0 Å². The van der Waals surface area contributed by atoms with E-state index < -0.39 is 0 Å². The summed E-state index contributed by atoms with van der Waals surface area (Å²) in [6.45, 7) is 3.79. The Labute approximate surface area is 103 Å². The summed E-state index contributed by atoms with van der Waals surface area (Å²) in [6.07, 6.45) is 1.27. The van der Waals surface area contributed by atoms with Gasteiger partial charge >= 0.3 is 0 Å². The Morgan fingerprint density at radius 1 is 1.50 bits per heavy atom. The van der Waals surface area contributed by atoms with Crippen molar-refractivity contribution in [1.29, 1.82) is 0 Å². The van der Waals surface area contributed by atoms with Crippen LogP contribution in [0.1, 0.15) is 25.0 Å². The van der Waals surface area contributed by atoms with Gasteiger partial charge in [-0.1, -0.05) is 13.0 Å². The zero-order valence-corrected chi connectivity index (χ0v) is 10.8. The lowest BCUT2D eigenvalue weighted by Crippen LogP contribution is -2.40. The lowest BCUT2D eigenvalue weighted by atomic mass is 10.1. The lowest BCUT2D eigenvalue weighted by molar-refractivity contribution is -0.0400. The van der Waals surface area contributed by atoms with Crippen molar-refractivity contribution in [1.82, 2.24) is 5.32 Å². The summed E-state index contributed by atoms with van der Waals surface area (Å²) in [5.41, 5.74) is 1.01. The van der Waals surface area contributed by atoms with Gasteiger partial charge in [-0.2, -0.15) is 0 Å². The van der Waals surface area contributed by atoms with E-state index in [2.05, 4.69) is 28.2 Å². The van der Waals surface area contributed by atoms with Crippen LogP contribution in [0.3, 0.4) is 0 Å². The fourth-order valence-corrected chi connectivity index (χ4v) is 2.25. The molecule has 2 atom stereocenters. The van der Waals surface area contributed by atoms with E-state index in [9.17, 15) is 4.39 Å². The molecule has 0 saturated carbocycles. The predicted octanol–water partition coefficient (Wildman–Crippen LogP) is 3.03. The van der Waals surface area contributed by atoms with E-state index in [1.807, 2.05) is 0 Å². The quantitative estimate of drug-likeness (QED) is 0.903. The summed E-state index contributed by atoms with van der Waals surface area (Å²) in [7, 11) is 0. The minimum atomic E-state index is -0.237. The number of morpholine rings is 1. The molecule has 88 valence electrons. The number of hydrogen-bond donors (Lipinski definition) is 1. The SMILES string of the molecule is CCC1CNCC(c2ccc(F)c(Br)c2)O1. The van der Waals surface area contributed by atoms with Gasteiger partial charge in [0.25, 0.3) is 0 Å². The zero-order valence-electron chi connectivity index (χ0n) is 9.17. The summed E-state index contributed by atoms with van der Waals surface area (Å²) in [5.74, 6) is -0.237. The average molecular weight is 288 g/mol. The summed E-state index contributed by atoms with van der Waals surface area (Å²) in [4.78, 5) is 0. The molecular weight excluding hydrogens is 273 g/mol.